The third-order valence-electron chi connectivity index (χ3n) is 6.88. The third kappa shape index (κ3) is 4.19. The van der Waals surface area contributed by atoms with E-state index >= 15 is 0 Å². The van der Waals surface area contributed by atoms with Crippen LogP contribution in [-0.4, -0.2) is 59.2 Å². The normalized spacial score (nSPS) is 16.9. The van der Waals surface area contributed by atoms with Crippen LogP contribution in [0, 0.1) is 10.8 Å². The predicted octanol–water partition coefficient (Wildman–Crippen LogP) is 4.05. The zero-order chi connectivity index (χ0) is 28.3. The molecule has 38 heavy (non-hydrogen) atoms. The molecule has 0 bridgehead atoms. The Bertz CT molecular complexity index is 1580. The maximum Gasteiger partial charge on any atom is 0.244 e. The first-order valence-corrected chi connectivity index (χ1v) is 14.2. The first-order chi connectivity index (χ1) is 17.6. The molecule has 0 aliphatic carbocycles. The first-order valence-electron chi connectivity index (χ1n) is 12.7. The van der Waals surface area contributed by atoms with Crippen LogP contribution in [0.3, 0.4) is 0 Å². The van der Waals surface area contributed by atoms with Gasteiger partial charge in [0.1, 0.15) is 16.3 Å². The van der Waals surface area contributed by atoms with Crippen LogP contribution < -0.4 is 15.1 Å². The molecule has 1 aromatic carbocycles. The summed E-state index contributed by atoms with van der Waals surface area (Å²) in [5.41, 5.74) is 3.33. The van der Waals surface area contributed by atoms with E-state index in [4.69, 9.17) is 25.5 Å². The van der Waals surface area contributed by atoms with Crippen molar-refractivity contribution in [3.63, 3.8) is 0 Å². The number of imidazole rings is 1. The van der Waals surface area contributed by atoms with Crippen molar-refractivity contribution in [1.82, 2.24) is 19.1 Å². The fraction of sp³-hybridized carbons (Fsp3) is 0.538. The lowest BCUT2D eigenvalue weighted by Gasteiger charge is -2.26. The molecular formula is C26H38N8O3S. The zero-order valence-corrected chi connectivity index (χ0v) is 24.4. The van der Waals surface area contributed by atoms with E-state index in [2.05, 4.69) is 5.32 Å². The molecule has 11 nitrogen and oxygen atoms in total. The van der Waals surface area contributed by atoms with Crippen molar-refractivity contribution >= 4 is 38.4 Å². The Morgan fingerprint density at radius 1 is 1.16 bits per heavy atom. The van der Waals surface area contributed by atoms with Gasteiger partial charge in [0, 0.05) is 31.0 Å². The van der Waals surface area contributed by atoms with Crippen LogP contribution in [0.25, 0.3) is 22.6 Å². The van der Waals surface area contributed by atoms with Gasteiger partial charge in [0.2, 0.25) is 10.0 Å². The van der Waals surface area contributed by atoms with Gasteiger partial charge in [-0.05, 0) is 67.5 Å². The lowest BCUT2D eigenvalue weighted by molar-refractivity contribution is 0.164. The number of nitrogens with one attached hydrogen (secondary N) is 3. The fourth-order valence-electron chi connectivity index (χ4n) is 5.06. The Balaban J connectivity index is 2.08. The van der Waals surface area contributed by atoms with Crippen LogP contribution in [-0.2, 0) is 19.5 Å². The van der Waals surface area contributed by atoms with Gasteiger partial charge in [0.05, 0.1) is 29.4 Å². The Hall–Kier alpha value is -3.25. The number of fused-ring (bicyclic) bond motifs is 2. The highest BCUT2D eigenvalue weighted by atomic mass is 32.2. The Morgan fingerprint density at radius 3 is 2.37 bits per heavy atom. The number of anilines is 2. The van der Waals surface area contributed by atoms with Crippen molar-refractivity contribution in [3.8, 4) is 11.5 Å². The monoisotopic (exact) mass is 542 g/mol. The lowest BCUT2D eigenvalue weighted by Crippen LogP contribution is -2.39. The minimum absolute atomic E-state index is 0.0294. The maximum atomic E-state index is 13.5. The van der Waals surface area contributed by atoms with Crippen molar-refractivity contribution in [3.05, 3.63) is 29.4 Å². The van der Waals surface area contributed by atoms with Crippen molar-refractivity contribution in [1.29, 1.82) is 10.8 Å². The van der Waals surface area contributed by atoms with Crippen molar-refractivity contribution in [2.24, 2.45) is 0 Å². The van der Waals surface area contributed by atoms with E-state index in [0.29, 0.717) is 40.7 Å². The van der Waals surface area contributed by atoms with Crippen molar-refractivity contribution in [2.45, 2.75) is 78.3 Å². The highest BCUT2D eigenvalue weighted by molar-refractivity contribution is 7.94. The molecule has 206 valence electrons. The molecular weight excluding hydrogens is 504 g/mol. The Labute approximate surface area is 223 Å². The quantitative estimate of drug-likeness (QED) is 0.304. The number of ether oxygens (including phenoxy) is 1. The number of methoxy groups -OCH3 is 1. The summed E-state index contributed by atoms with van der Waals surface area (Å²) in [6, 6.07) is 3.39. The first kappa shape index (κ1) is 27.8. The molecule has 0 radical (unpaired) electrons. The largest absolute Gasteiger partial charge is 0.383 e. The highest BCUT2D eigenvalue weighted by Gasteiger charge is 2.51. The van der Waals surface area contributed by atoms with Crippen molar-refractivity contribution in [2.75, 3.05) is 23.3 Å². The second-order valence-electron chi connectivity index (χ2n) is 11.0. The molecule has 12 heteroatoms. The SMILES string of the molecule is COC[C@H](C)n1c(-c2cn(C(C)=N)c(=N)c(NC(C)C)n2)nc2cc3c(cc21)N(C(C)C)S(=O)(=O)C3(C)C. The Kier molecular flexibility index (Phi) is 6.94. The van der Waals surface area contributed by atoms with Gasteiger partial charge in [-0.25, -0.2) is 18.4 Å². The average Bonchev–Trinajstić information content (AvgIpc) is 3.23. The number of sulfonamides is 1. The molecule has 1 aliphatic heterocycles. The molecule has 2 aromatic heterocycles. The second kappa shape index (κ2) is 9.49. The van der Waals surface area contributed by atoms with Gasteiger partial charge in [0.25, 0.3) is 0 Å². The van der Waals surface area contributed by atoms with Crippen molar-refractivity contribution < 1.29 is 13.2 Å². The molecule has 1 aliphatic rings. The molecule has 0 fully saturated rings. The minimum Gasteiger partial charge on any atom is -0.383 e. The molecule has 0 spiro atoms. The molecule has 1 atom stereocenters. The Morgan fingerprint density at radius 2 is 1.82 bits per heavy atom. The van der Waals surface area contributed by atoms with E-state index in [9.17, 15) is 8.42 Å². The van der Waals surface area contributed by atoms with E-state index in [-0.39, 0.29) is 29.4 Å². The zero-order valence-electron chi connectivity index (χ0n) is 23.5. The number of rotatable bonds is 7. The van der Waals surface area contributed by atoms with Crippen LogP contribution in [0.4, 0.5) is 11.5 Å². The molecule has 3 aromatic rings. The van der Waals surface area contributed by atoms with E-state index in [1.807, 2.05) is 51.3 Å². The summed E-state index contributed by atoms with van der Waals surface area (Å²) >= 11 is 0. The summed E-state index contributed by atoms with van der Waals surface area (Å²) in [7, 11) is -1.99. The molecule has 3 heterocycles. The lowest BCUT2D eigenvalue weighted by atomic mass is 9.99. The summed E-state index contributed by atoms with van der Waals surface area (Å²) in [5.74, 6) is 1.08. The molecule has 0 saturated carbocycles. The van der Waals surface area contributed by atoms with Crippen LogP contribution in [0.5, 0.6) is 0 Å². The van der Waals surface area contributed by atoms with Gasteiger partial charge in [-0.3, -0.25) is 19.7 Å². The highest BCUT2D eigenvalue weighted by Crippen LogP contribution is 2.49. The molecule has 4 rings (SSSR count). The van der Waals surface area contributed by atoms with Crippen LogP contribution in [0.15, 0.2) is 18.3 Å². The number of hydrogen-bond acceptors (Lipinski definition) is 8. The molecule has 0 unspecified atom stereocenters. The van der Waals surface area contributed by atoms with E-state index in [1.54, 1.807) is 34.1 Å². The van der Waals surface area contributed by atoms with Gasteiger partial charge in [0.15, 0.2) is 17.1 Å². The van der Waals surface area contributed by atoms with Crippen LogP contribution in [0.2, 0.25) is 0 Å². The minimum atomic E-state index is -3.62. The summed E-state index contributed by atoms with van der Waals surface area (Å²) in [6.07, 6.45) is 1.65. The average molecular weight is 543 g/mol. The summed E-state index contributed by atoms with van der Waals surface area (Å²) in [6.45, 7) is 15.1. The topological polar surface area (TPSA) is 142 Å². The smallest absolute Gasteiger partial charge is 0.244 e. The van der Waals surface area contributed by atoms with Gasteiger partial charge in [-0.1, -0.05) is 0 Å². The maximum absolute atomic E-state index is 13.5. The number of nitrogens with zero attached hydrogens (tertiary/aromatic N) is 5. The van der Waals surface area contributed by atoms with Crippen LogP contribution >= 0.6 is 0 Å². The molecule has 3 N–H and O–H groups in total. The third-order valence-corrected chi connectivity index (χ3v) is 9.53. The van der Waals surface area contributed by atoms with Gasteiger partial charge in [-0.15, -0.1) is 0 Å². The molecule has 0 amide bonds. The summed E-state index contributed by atoms with van der Waals surface area (Å²) in [4.78, 5) is 9.71. The fourth-order valence-corrected chi connectivity index (χ4v) is 6.96. The second-order valence-corrected chi connectivity index (χ2v) is 13.3. The van der Waals surface area contributed by atoms with E-state index < -0.39 is 14.8 Å². The molecule has 0 saturated heterocycles. The predicted molar refractivity (Wildman–Crippen MR) is 151 cm³/mol. The summed E-state index contributed by atoms with van der Waals surface area (Å²) in [5, 5.41) is 20.0. The van der Waals surface area contributed by atoms with Crippen LogP contribution in [0.1, 0.15) is 67.0 Å². The number of hydrogen-bond donors (Lipinski definition) is 3. The van der Waals surface area contributed by atoms with Gasteiger partial charge < -0.3 is 14.6 Å². The van der Waals surface area contributed by atoms with Gasteiger partial charge in [-0.2, -0.15) is 0 Å². The number of aromatic nitrogens is 4. The standard InChI is InChI=1S/C26H38N8O3S/c1-14(2)29-24-23(28)32(17(6)27)12-20(30-24)25-31-19-10-18-21(11-22(19)33(25)16(5)13-37-9)34(15(3)4)38(35,36)26(18,7)8/h10-12,14-16,27-28H,13H2,1-9H3,(H,29,30)/t16-/m0/s1. The van der Waals surface area contributed by atoms with Gasteiger partial charge >= 0.3 is 0 Å². The number of benzene rings is 1. The van der Waals surface area contributed by atoms with E-state index in [1.165, 1.54) is 8.87 Å². The summed E-state index contributed by atoms with van der Waals surface area (Å²) < 4.78 is 36.4. The van der Waals surface area contributed by atoms with E-state index in [0.717, 1.165) is 5.52 Å².